The molecular weight excluding hydrogens is 304 g/mol. The topological polar surface area (TPSA) is 69.3 Å². The summed E-state index contributed by atoms with van der Waals surface area (Å²) in [6.45, 7) is 6.12. The molecule has 1 N–H and O–H groups in total. The highest BCUT2D eigenvalue weighted by atomic mass is 16.2. The summed E-state index contributed by atoms with van der Waals surface area (Å²) in [5.41, 5.74) is 3.50. The number of aryl methyl sites for hydroxylation is 2. The van der Waals surface area contributed by atoms with Gasteiger partial charge in [-0.05, 0) is 31.0 Å². The Kier molecular flexibility index (Phi) is 4.64. The molecule has 0 radical (unpaired) electrons. The number of amides is 2. The van der Waals surface area contributed by atoms with Crippen molar-refractivity contribution in [3.05, 3.63) is 52.8 Å². The number of hydrogen-bond acceptors (Lipinski definition) is 3. The Labute approximate surface area is 141 Å². The van der Waals surface area contributed by atoms with E-state index in [0.717, 1.165) is 16.8 Å². The Hall–Kier alpha value is -2.63. The van der Waals surface area contributed by atoms with Crippen molar-refractivity contribution < 1.29 is 9.59 Å². The van der Waals surface area contributed by atoms with E-state index < -0.39 is 0 Å². The third-order valence-corrected chi connectivity index (χ3v) is 4.45. The first-order valence-electron chi connectivity index (χ1n) is 8.18. The monoisotopic (exact) mass is 326 g/mol. The van der Waals surface area contributed by atoms with Gasteiger partial charge in [-0.25, -0.2) is 0 Å². The van der Waals surface area contributed by atoms with Crippen molar-refractivity contribution in [3.8, 4) is 0 Å². The molecule has 2 heterocycles. The van der Waals surface area contributed by atoms with E-state index in [9.17, 15) is 9.59 Å². The van der Waals surface area contributed by atoms with E-state index in [1.54, 1.807) is 11.0 Å². The lowest BCUT2D eigenvalue weighted by Gasteiger charge is -2.34. The number of rotatable bonds is 3. The van der Waals surface area contributed by atoms with Gasteiger partial charge in [0.15, 0.2) is 0 Å². The Balaban J connectivity index is 1.56. The molecule has 0 aliphatic carbocycles. The highest BCUT2D eigenvalue weighted by Gasteiger charge is 2.26. The van der Waals surface area contributed by atoms with Gasteiger partial charge >= 0.3 is 0 Å². The lowest BCUT2D eigenvalue weighted by atomic mass is 10.1. The van der Waals surface area contributed by atoms with Gasteiger partial charge in [0, 0.05) is 31.9 Å². The average Bonchev–Trinajstić information content (AvgIpc) is 3.03. The number of carbonyl (C=O) groups excluding carboxylic acids is 2. The zero-order chi connectivity index (χ0) is 17.1. The van der Waals surface area contributed by atoms with Crippen molar-refractivity contribution in [2.75, 3.05) is 26.2 Å². The molecule has 1 fully saturated rings. The molecule has 6 nitrogen and oxygen atoms in total. The second-order valence-electron chi connectivity index (χ2n) is 6.21. The molecule has 2 aromatic rings. The lowest BCUT2D eigenvalue weighted by molar-refractivity contribution is -0.131. The third kappa shape index (κ3) is 3.48. The summed E-state index contributed by atoms with van der Waals surface area (Å²) in [6, 6.07) is 9.69. The number of hydrogen-bond donors (Lipinski definition) is 1. The van der Waals surface area contributed by atoms with Crippen LogP contribution in [0.3, 0.4) is 0 Å². The first-order chi connectivity index (χ1) is 11.5. The van der Waals surface area contributed by atoms with E-state index in [4.69, 9.17) is 0 Å². The van der Waals surface area contributed by atoms with Gasteiger partial charge in [0.1, 0.15) is 5.69 Å². The van der Waals surface area contributed by atoms with Crippen LogP contribution < -0.4 is 0 Å². The van der Waals surface area contributed by atoms with Gasteiger partial charge < -0.3 is 9.80 Å². The van der Waals surface area contributed by atoms with Crippen LogP contribution in [-0.4, -0.2) is 58.0 Å². The van der Waals surface area contributed by atoms with Crippen molar-refractivity contribution in [3.63, 3.8) is 0 Å². The molecule has 2 amide bonds. The second-order valence-corrected chi connectivity index (χ2v) is 6.21. The van der Waals surface area contributed by atoms with Gasteiger partial charge in [-0.2, -0.15) is 5.10 Å². The molecule has 1 aliphatic heterocycles. The Morgan fingerprint density at radius 3 is 2.38 bits per heavy atom. The smallest absolute Gasteiger partial charge is 0.274 e. The Morgan fingerprint density at radius 1 is 1.08 bits per heavy atom. The summed E-state index contributed by atoms with van der Waals surface area (Å²) < 4.78 is 0. The molecule has 3 rings (SSSR count). The van der Waals surface area contributed by atoms with Crippen LogP contribution >= 0.6 is 0 Å². The minimum Gasteiger partial charge on any atom is -0.339 e. The fourth-order valence-corrected chi connectivity index (χ4v) is 2.93. The summed E-state index contributed by atoms with van der Waals surface area (Å²) in [5.74, 6) is 0.0392. The zero-order valence-corrected chi connectivity index (χ0v) is 14.1. The number of aromatic amines is 1. The van der Waals surface area contributed by atoms with Crippen molar-refractivity contribution in [2.24, 2.45) is 0 Å². The predicted molar refractivity (Wildman–Crippen MR) is 90.7 cm³/mol. The number of H-pyrrole nitrogens is 1. The van der Waals surface area contributed by atoms with Gasteiger partial charge in [0.2, 0.25) is 5.91 Å². The van der Waals surface area contributed by atoms with Crippen LogP contribution in [0.15, 0.2) is 30.3 Å². The van der Waals surface area contributed by atoms with Gasteiger partial charge in [0.25, 0.3) is 5.91 Å². The van der Waals surface area contributed by atoms with Crippen molar-refractivity contribution in [1.82, 2.24) is 20.0 Å². The Morgan fingerprint density at radius 2 is 1.75 bits per heavy atom. The fraction of sp³-hybridized carbons (Fsp3) is 0.389. The SMILES string of the molecule is Cc1cc(C(=O)N2CCN(C(=O)Cc3ccccc3C)CC2)n[nH]1. The maximum absolute atomic E-state index is 12.5. The second kappa shape index (κ2) is 6.86. The molecule has 0 atom stereocenters. The highest BCUT2D eigenvalue weighted by Crippen LogP contribution is 2.12. The van der Waals surface area contributed by atoms with Crippen molar-refractivity contribution in [1.29, 1.82) is 0 Å². The molecule has 126 valence electrons. The number of aromatic nitrogens is 2. The minimum absolute atomic E-state index is 0.0784. The van der Waals surface area contributed by atoms with Crippen molar-refractivity contribution in [2.45, 2.75) is 20.3 Å². The maximum Gasteiger partial charge on any atom is 0.274 e. The van der Waals surface area contributed by atoms with Crippen LogP contribution in [-0.2, 0) is 11.2 Å². The molecule has 0 bridgehead atoms. The van der Waals surface area contributed by atoms with Crippen LogP contribution in [0.2, 0.25) is 0 Å². The van der Waals surface area contributed by atoms with Gasteiger partial charge in [-0.15, -0.1) is 0 Å². The largest absolute Gasteiger partial charge is 0.339 e. The molecule has 24 heavy (non-hydrogen) atoms. The van der Waals surface area contributed by atoms with Crippen LogP contribution in [0.1, 0.15) is 27.3 Å². The van der Waals surface area contributed by atoms with Crippen molar-refractivity contribution >= 4 is 11.8 Å². The van der Waals surface area contributed by atoms with E-state index in [1.807, 2.05) is 43.0 Å². The zero-order valence-electron chi connectivity index (χ0n) is 14.1. The van der Waals surface area contributed by atoms with Crippen LogP contribution in [0.25, 0.3) is 0 Å². The predicted octanol–water partition coefficient (Wildman–Crippen LogP) is 1.55. The molecular formula is C18H22N4O2. The molecule has 6 heteroatoms. The standard InChI is InChI=1S/C18H22N4O2/c1-13-5-3-4-6-15(13)12-17(23)21-7-9-22(10-8-21)18(24)16-11-14(2)19-20-16/h3-6,11H,7-10,12H2,1-2H3,(H,19,20). The lowest BCUT2D eigenvalue weighted by Crippen LogP contribution is -2.51. The number of benzene rings is 1. The first kappa shape index (κ1) is 16.2. The van der Waals surface area contributed by atoms with Crippen LogP contribution in [0.5, 0.6) is 0 Å². The molecule has 0 saturated carbocycles. The van der Waals surface area contributed by atoms with E-state index in [2.05, 4.69) is 10.2 Å². The van der Waals surface area contributed by atoms with Crippen LogP contribution in [0.4, 0.5) is 0 Å². The number of carbonyl (C=O) groups is 2. The molecule has 1 aliphatic rings. The normalized spacial score (nSPS) is 14.8. The van der Waals surface area contributed by atoms with E-state index in [1.165, 1.54) is 0 Å². The summed E-state index contributed by atoms with van der Waals surface area (Å²) in [4.78, 5) is 28.4. The molecule has 1 aromatic heterocycles. The molecule has 1 aromatic carbocycles. The average molecular weight is 326 g/mol. The summed E-state index contributed by atoms with van der Waals surface area (Å²) >= 11 is 0. The fourth-order valence-electron chi connectivity index (χ4n) is 2.93. The number of nitrogens with zero attached hydrogens (tertiary/aromatic N) is 3. The third-order valence-electron chi connectivity index (χ3n) is 4.45. The summed E-state index contributed by atoms with van der Waals surface area (Å²) in [6.07, 6.45) is 0.416. The van der Waals surface area contributed by atoms with E-state index in [0.29, 0.717) is 38.3 Å². The highest BCUT2D eigenvalue weighted by molar-refractivity contribution is 5.92. The Bertz CT molecular complexity index is 745. The summed E-state index contributed by atoms with van der Waals surface area (Å²) in [7, 11) is 0. The number of nitrogens with one attached hydrogen (secondary N) is 1. The minimum atomic E-state index is -0.0784. The quantitative estimate of drug-likeness (QED) is 0.930. The van der Waals surface area contributed by atoms with Gasteiger partial charge in [-0.1, -0.05) is 24.3 Å². The summed E-state index contributed by atoms with van der Waals surface area (Å²) in [5, 5.41) is 6.80. The molecule has 1 saturated heterocycles. The van der Waals surface area contributed by atoms with Gasteiger partial charge in [0.05, 0.1) is 6.42 Å². The molecule has 0 spiro atoms. The van der Waals surface area contributed by atoms with E-state index >= 15 is 0 Å². The number of piperazine rings is 1. The van der Waals surface area contributed by atoms with Gasteiger partial charge in [-0.3, -0.25) is 14.7 Å². The molecule has 0 unspecified atom stereocenters. The maximum atomic E-state index is 12.5. The first-order valence-corrected chi connectivity index (χ1v) is 8.18. The van der Waals surface area contributed by atoms with E-state index in [-0.39, 0.29) is 11.8 Å². The van der Waals surface area contributed by atoms with Crippen LogP contribution in [0, 0.1) is 13.8 Å².